The summed E-state index contributed by atoms with van der Waals surface area (Å²) in [4.78, 5) is 30.2. The molecule has 0 saturated heterocycles. The van der Waals surface area contributed by atoms with E-state index in [4.69, 9.17) is 0 Å². The van der Waals surface area contributed by atoms with E-state index in [1.165, 1.54) is 17.2 Å². The number of aliphatic hydroxyl groups excluding tert-OH is 1. The van der Waals surface area contributed by atoms with Gasteiger partial charge in [-0.05, 0) is 23.8 Å². The summed E-state index contributed by atoms with van der Waals surface area (Å²) in [7, 11) is 0. The lowest BCUT2D eigenvalue weighted by Gasteiger charge is -2.27. The number of aromatic hydroxyl groups is 1. The Labute approximate surface area is 138 Å². The molecule has 0 aliphatic carbocycles. The van der Waals surface area contributed by atoms with Crippen molar-refractivity contribution in [3.63, 3.8) is 0 Å². The maximum absolute atomic E-state index is 12.6. The molecule has 24 heavy (non-hydrogen) atoms. The quantitative estimate of drug-likeness (QED) is 0.902. The van der Waals surface area contributed by atoms with Crippen LogP contribution in [0.3, 0.4) is 0 Å². The second kappa shape index (κ2) is 6.16. The van der Waals surface area contributed by atoms with Crippen molar-refractivity contribution < 1.29 is 19.8 Å². The van der Waals surface area contributed by atoms with Gasteiger partial charge in [0.15, 0.2) is 11.5 Å². The number of Topliss-reactive ketones (excluding diaryl/α,β-unsaturated/α-hetero) is 1. The van der Waals surface area contributed by atoms with Crippen LogP contribution in [0.4, 0.5) is 5.69 Å². The molecule has 1 aliphatic rings. The molecule has 2 aromatic rings. The molecule has 2 heterocycles. The number of nitrogens with zero attached hydrogens (tertiary/aromatic N) is 2. The third-order valence-electron chi connectivity index (χ3n) is 3.97. The van der Waals surface area contributed by atoms with E-state index in [9.17, 15) is 19.8 Å². The van der Waals surface area contributed by atoms with Gasteiger partial charge in [0.1, 0.15) is 5.75 Å². The predicted octanol–water partition coefficient (Wildman–Crippen LogP) is 2.67. The van der Waals surface area contributed by atoms with Crippen LogP contribution >= 0.6 is 0 Å². The molecule has 1 aliphatic heterocycles. The Morgan fingerprint density at radius 2 is 1.96 bits per heavy atom. The van der Waals surface area contributed by atoms with Crippen LogP contribution in [0.25, 0.3) is 0 Å². The minimum Gasteiger partial charge on any atom is -0.506 e. The predicted molar refractivity (Wildman–Crippen MR) is 87.5 cm³/mol. The van der Waals surface area contributed by atoms with Crippen molar-refractivity contribution in [1.29, 1.82) is 0 Å². The molecule has 1 atom stereocenters. The Morgan fingerprint density at radius 1 is 1.21 bits per heavy atom. The van der Waals surface area contributed by atoms with Crippen molar-refractivity contribution in [2.75, 3.05) is 4.90 Å². The van der Waals surface area contributed by atoms with Crippen LogP contribution in [0.2, 0.25) is 0 Å². The van der Waals surface area contributed by atoms with Gasteiger partial charge in [-0.25, -0.2) is 0 Å². The van der Waals surface area contributed by atoms with Gasteiger partial charge in [-0.15, -0.1) is 0 Å². The summed E-state index contributed by atoms with van der Waals surface area (Å²) in [6.07, 6.45) is 3.26. The number of rotatable bonds is 4. The Balaban J connectivity index is 2.21. The van der Waals surface area contributed by atoms with Crippen LogP contribution in [0, 0.1) is 0 Å². The van der Waals surface area contributed by atoms with E-state index in [0.717, 1.165) is 0 Å². The second-order valence-corrected chi connectivity index (χ2v) is 5.39. The molecule has 1 amide bonds. The molecule has 3 rings (SSSR count). The molecule has 122 valence electrons. The first-order valence-electron chi connectivity index (χ1n) is 7.54. The third-order valence-corrected chi connectivity index (χ3v) is 3.97. The van der Waals surface area contributed by atoms with Crippen molar-refractivity contribution in [2.45, 2.75) is 19.4 Å². The van der Waals surface area contributed by atoms with Crippen molar-refractivity contribution in [3.05, 3.63) is 65.7 Å². The van der Waals surface area contributed by atoms with Gasteiger partial charge in [0.2, 0.25) is 0 Å². The van der Waals surface area contributed by atoms with E-state index in [-0.39, 0.29) is 29.2 Å². The Kier molecular flexibility index (Phi) is 4.04. The average Bonchev–Trinajstić information content (AvgIpc) is 2.87. The highest BCUT2D eigenvalue weighted by molar-refractivity contribution is 6.16. The molecule has 1 aromatic heterocycles. The highest BCUT2D eigenvalue weighted by Crippen LogP contribution is 2.43. The molecule has 6 heteroatoms. The molecular formula is C18H16N2O4. The number of anilines is 1. The van der Waals surface area contributed by atoms with Crippen molar-refractivity contribution in [2.24, 2.45) is 0 Å². The summed E-state index contributed by atoms with van der Waals surface area (Å²) in [6, 6.07) is 8.88. The van der Waals surface area contributed by atoms with E-state index >= 15 is 0 Å². The largest absolute Gasteiger partial charge is 0.506 e. The highest BCUT2D eigenvalue weighted by atomic mass is 16.3. The molecule has 0 bridgehead atoms. The summed E-state index contributed by atoms with van der Waals surface area (Å²) in [5.74, 6) is -1.74. The number of hydrogen-bond acceptors (Lipinski definition) is 5. The zero-order valence-corrected chi connectivity index (χ0v) is 13.0. The SMILES string of the molecule is CCC(=O)C1=C(O)C(=O)N(c2ccccc2O)C1c1cccnc1. The fourth-order valence-corrected chi connectivity index (χ4v) is 2.85. The van der Waals surface area contributed by atoms with Crippen LogP contribution in [0.5, 0.6) is 5.75 Å². The van der Waals surface area contributed by atoms with Gasteiger partial charge in [-0.3, -0.25) is 19.5 Å². The van der Waals surface area contributed by atoms with Crippen LogP contribution in [0.1, 0.15) is 24.9 Å². The zero-order valence-electron chi connectivity index (χ0n) is 13.0. The van der Waals surface area contributed by atoms with Gasteiger partial charge in [0, 0.05) is 18.8 Å². The zero-order chi connectivity index (χ0) is 17.3. The second-order valence-electron chi connectivity index (χ2n) is 5.39. The van der Waals surface area contributed by atoms with E-state index in [1.807, 2.05) is 0 Å². The normalized spacial score (nSPS) is 17.5. The lowest BCUT2D eigenvalue weighted by Crippen LogP contribution is -2.31. The van der Waals surface area contributed by atoms with Gasteiger partial charge < -0.3 is 10.2 Å². The number of pyridine rings is 1. The third kappa shape index (κ3) is 2.42. The van der Waals surface area contributed by atoms with Gasteiger partial charge in [-0.2, -0.15) is 0 Å². The van der Waals surface area contributed by atoms with Gasteiger partial charge in [-0.1, -0.05) is 25.1 Å². The number of phenols is 1. The Bertz CT molecular complexity index is 830. The Morgan fingerprint density at radius 3 is 2.58 bits per heavy atom. The van der Waals surface area contributed by atoms with Crippen LogP contribution < -0.4 is 4.90 Å². The lowest BCUT2D eigenvalue weighted by molar-refractivity contribution is -0.118. The molecule has 1 aromatic carbocycles. The topological polar surface area (TPSA) is 90.7 Å². The number of carbonyl (C=O) groups is 2. The first kappa shape index (κ1) is 15.7. The van der Waals surface area contributed by atoms with Crippen molar-refractivity contribution >= 4 is 17.4 Å². The molecule has 0 saturated carbocycles. The number of carbonyl (C=O) groups excluding carboxylic acids is 2. The van der Waals surface area contributed by atoms with E-state index in [0.29, 0.717) is 5.56 Å². The summed E-state index contributed by atoms with van der Waals surface area (Å²) >= 11 is 0. The number of para-hydroxylation sites is 2. The van der Waals surface area contributed by atoms with E-state index < -0.39 is 17.7 Å². The molecule has 0 fully saturated rings. The number of aliphatic hydroxyl groups is 1. The van der Waals surface area contributed by atoms with Crippen molar-refractivity contribution in [1.82, 2.24) is 4.98 Å². The smallest absolute Gasteiger partial charge is 0.294 e. The van der Waals surface area contributed by atoms with E-state index in [1.54, 1.807) is 43.5 Å². The number of aromatic nitrogens is 1. The average molecular weight is 324 g/mol. The standard InChI is InChI=1S/C18H16N2O4/c1-2-13(21)15-16(11-6-5-9-19-10-11)20(18(24)17(15)23)12-7-3-4-8-14(12)22/h3-10,16,22-23H,2H2,1H3. The summed E-state index contributed by atoms with van der Waals surface area (Å²) in [5.41, 5.74) is 0.829. The van der Waals surface area contributed by atoms with E-state index in [2.05, 4.69) is 4.98 Å². The molecule has 6 nitrogen and oxygen atoms in total. The molecule has 2 N–H and O–H groups in total. The lowest BCUT2D eigenvalue weighted by atomic mass is 9.96. The van der Waals surface area contributed by atoms with Crippen LogP contribution in [-0.4, -0.2) is 26.9 Å². The van der Waals surface area contributed by atoms with Crippen LogP contribution in [0.15, 0.2) is 60.1 Å². The summed E-state index contributed by atoms with van der Waals surface area (Å²) in [5, 5.41) is 20.4. The van der Waals surface area contributed by atoms with Crippen LogP contribution in [-0.2, 0) is 9.59 Å². The van der Waals surface area contributed by atoms with Gasteiger partial charge in [0.25, 0.3) is 5.91 Å². The fraction of sp³-hybridized carbons (Fsp3) is 0.167. The number of phenolic OH excluding ortho intramolecular Hbond substituents is 1. The Hall–Kier alpha value is -3.15. The molecular weight excluding hydrogens is 308 g/mol. The minimum atomic E-state index is -0.827. The fourth-order valence-electron chi connectivity index (χ4n) is 2.85. The maximum atomic E-state index is 12.6. The first-order chi connectivity index (χ1) is 11.6. The highest BCUT2D eigenvalue weighted by Gasteiger charge is 2.44. The molecule has 0 spiro atoms. The maximum Gasteiger partial charge on any atom is 0.294 e. The molecule has 0 radical (unpaired) electrons. The monoisotopic (exact) mass is 324 g/mol. The summed E-state index contributed by atoms with van der Waals surface area (Å²) in [6.45, 7) is 1.66. The van der Waals surface area contributed by atoms with Crippen molar-refractivity contribution in [3.8, 4) is 5.75 Å². The number of benzene rings is 1. The van der Waals surface area contributed by atoms with Gasteiger partial charge >= 0.3 is 0 Å². The molecule has 1 unspecified atom stereocenters. The number of hydrogen-bond donors (Lipinski definition) is 2. The van der Waals surface area contributed by atoms with Gasteiger partial charge in [0.05, 0.1) is 17.3 Å². The summed E-state index contributed by atoms with van der Waals surface area (Å²) < 4.78 is 0. The minimum absolute atomic E-state index is 0.0266. The first-order valence-corrected chi connectivity index (χ1v) is 7.54. The number of ketones is 1. The number of amides is 1.